The molecule has 1 fully saturated rings. The summed E-state index contributed by atoms with van der Waals surface area (Å²) < 4.78 is 26.3. The van der Waals surface area contributed by atoms with Crippen molar-refractivity contribution in [3.63, 3.8) is 0 Å². The number of halogens is 2. The number of nitrogens with one attached hydrogen (secondary N) is 1. The molecule has 0 saturated heterocycles. The minimum absolute atomic E-state index is 0.311. The largest absolute Gasteiger partial charge is 0.389 e. The van der Waals surface area contributed by atoms with Gasteiger partial charge in [-0.2, -0.15) is 0 Å². The van der Waals surface area contributed by atoms with Crippen molar-refractivity contribution in [2.45, 2.75) is 51.2 Å². The van der Waals surface area contributed by atoms with E-state index in [0.29, 0.717) is 18.7 Å². The van der Waals surface area contributed by atoms with Gasteiger partial charge in [0.1, 0.15) is 11.6 Å². The first-order chi connectivity index (χ1) is 9.52. The quantitative estimate of drug-likeness (QED) is 0.868. The molecule has 0 spiro atoms. The Morgan fingerprint density at radius 3 is 2.60 bits per heavy atom. The van der Waals surface area contributed by atoms with Crippen LogP contribution in [0.5, 0.6) is 0 Å². The van der Waals surface area contributed by atoms with Gasteiger partial charge in [-0.3, -0.25) is 0 Å². The van der Waals surface area contributed by atoms with Crippen LogP contribution in [0.3, 0.4) is 0 Å². The second-order valence-corrected chi connectivity index (χ2v) is 5.92. The van der Waals surface area contributed by atoms with Crippen molar-refractivity contribution in [2.75, 3.05) is 6.54 Å². The highest BCUT2D eigenvalue weighted by Crippen LogP contribution is 2.33. The van der Waals surface area contributed by atoms with E-state index in [1.165, 1.54) is 18.6 Å². The molecule has 0 amide bonds. The molecule has 0 heterocycles. The van der Waals surface area contributed by atoms with Crippen molar-refractivity contribution < 1.29 is 13.9 Å². The first-order valence-corrected chi connectivity index (χ1v) is 7.39. The summed E-state index contributed by atoms with van der Waals surface area (Å²) in [7, 11) is 0. The van der Waals surface area contributed by atoms with Gasteiger partial charge in [-0.05, 0) is 37.7 Å². The van der Waals surface area contributed by atoms with Crippen molar-refractivity contribution in [2.24, 2.45) is 5.92 Å². The number of benzene rings is 1. The maximum atomic E-state index is 13.5. The average Bonchev–Trinajstić information content (AvgIpc) is 2.42. The third-order valence-corrected chi connectivity index (χ3v) is 4.40. The van der Waals surface area contributed by atoms with Crippen LogP contribution in [0.1, 0.15) is 44.6 Å². The van der Waals surface area contributed by atoms with Crippen LogP contribution in [0.2, 0.25) is 0 Å². The molecule has 1 aliphatic carbocycles. The molecule has 0 atom stereocenters. The summed E-state index contributed by atoms with van der Waals surface area (Å²) in [5.74, 6) is -0.383. The van der Waals surface area contributed by atoms with Crippen molar-refractivity contribution in [1.82, 2.24) is 5.32 Å². The van der Waals surface area contributed by atoms with E-state index in [9.17, 15) is 13.9 Å². The normalized spacial score (nSPS) is 26.7. The Morgan fingerprint density at radius 1 is 1.30 bits per heavy atom. The van der Waals surface area contributed by atoms with Crippen LogP contribution in [-0.4, -0.2) is 17.3 Å². The van der Waals surface area contributed by atoms with Gasteiger partial charge in [-0.1, -0.05) is 19.4 Å². The minimum atomic E-state index is -0.678. The van der Waals surface area contributed by atoms with E-state index < -0.39 is 17.2 Å². The molecule has 20 heavy (non-hydrogen) atoms. The van der Waals surface area contributed by atoms with Crippen LogP contribution in [0.15, 0.2) is 18.2 Å². The van der Waals surface area contributed by atoms with Crippen LogP contribution < -0.4 is 5.32 Å². The zero-order valence-electron chi connectivity index (χ0n) is 12.0. The second kappa shape index (κ2) is 6.64. The summed E-state index contributed by atoms with van der Waals surface area (Å²) in [4.78, 5) is 0. The number of hydrogen-bond acceptors (Lipinski definition) is 2. The van der Waals surface area contributed by atoms with E-state index >= 15 is 0 Å². The number of aliphatic hydroxyl groups is 1. The summed E-state index contributed by atoms with van der Waals surface area (Å²) in [5.41, 5.74) is -0.250. The molecule has 112 valence electrons. The third kappa shape index (κ3) is 4.00. The predicted molar refractivity (Wildman–Crippen MR) is 75.3 cm³/mol. The summed E-state index contributed by atoms with van der Waals surface area (Å²) in [6, 6.07) is 3.58. The smallest absolute Gasteiger partial charge is 0.130 e. The highest BCUT2D eigenvalue weighted by molar-refractivity contribution is 5.18. The topological polar surface area (TPSA) is 32.3 Å². The van der Waals surface area contributed by atoms with Gasteiger partial charge in [0.05, 0.1) is 5.60 Å². The Morgan fingerprint density at radius 2 is 2.00 bits per heavy atom. The molecule has 0 aliphatic heterocycles. The van der Waals surface area contributed by atoms with E-state index in [-0.39, 0.29) is 0 Å². The van der Waals surface area contributed by atoms with E-state index in [4.69, 9.17) is 0 Å². The lowest BCUT2D eigenvalue weighted by atomic mass is 9.78. The standard InChI is InChI=1S/C16H23F2NO/c1-2-12-5-7-16(20,8-6-12)11-19-10-13-3-4-14(17)9-15(13)18/h3-4,9,12,19-20H,2,5-8,10-11H2,1H3. The van der Waals surface area contributed by atoms with Crippen molar-refractivity contribution in [1.29, 1.82) is 0 Å². The maximum absolute atomic E-state index is 13.5. The molecule has 0 bridgehead atoms. The zero-order chi connectivity index (χ0) is 14.6. The molecular weight excluding hydrogens is 260 g/mol. The average molecular weight is 283 g/mol. The van der Waals surface area contributed by atoms with Gasteiger partial charge in [-0.15, -0.1) is 0 Å². The fraction of sp³-hybridized carbons (Fsp3) is 0.625. The summed E-state index contributed by atoms with van der Waals surface area (Å²) in [6.45, 7) is 2.95. The Labute approximate surface area is 119 Å². The Bertz CT molecular complexity index is 442. The van der Waals surface area contributed by atoms with Gasteiger partial charge in [0, 0.05) is 24.7 Å². The Hall–Kier alpha value is -1.00. The minimum Gasteiger partial charge on any atom is -0.389 e. The molecular formula is C16H23F2NO. The number of hydrogen-bond donors (Lipinski definition) is 2. The first-order valence-electron chi connectivity index (χ1n) is 7.39. The molecule has 0 aromatic heterocycles. The first kappa shape index (κ1) is 15.4. The Balaban J connectivity index is 1.80. The van der Waals surface area contributed by atoms with Gasteiger partial charge >= 0.3 is 0 Å². The van der Waals surface area contributed by atoms with Crippen LogP contribution in [0.25, 0.3) is 0 Å². The summed E-state index contributed by atoms with van der Waals surface area (Å²) in [5, 5.41) is 13.6. The fourth-order valence-corrected chi connectivity index (χ4v) is 2.89. The highest BCUT2D eigenvalue weighted by atomic mass is 19.1. The summed E-state index contributed by atoms with van der Waals surface area (Å²) in [6.07, 6.45) is 4.87. The molecule has 1 aromatic carbocycles. The van der Waals surface area contributed by atoms with Gasteiger partial charge in [0.2, 0.25) is 0 Å². The highest BCUT2D eigenvalue weighted by Gasteiger charge is 2.32. The lowest BCUT2D eigenvalue weighted by Crippen LogP contribution is -2.43. The molecule has 4 heteroatoms. The molecule has 1 saturated carbocycles. The van der Waals surface area contributed by atoms with Gasteiger partial charge < -0.3 is 10.4 Å². The molecule has 2 nitrogen and oxygen atoms in total. The monoisotopic (exact) mass is 283 g/mol. The lowest BCUT2D eigenvalue weighted by molar-refractivity contribution is -0.00886. The summed E-state index contributed by atoms with van der Waals surface area (Å²) >= 11 is 0. The molecule has 2 rings (SSSR count). The van der Waals surface area contributed by atoms with Crippen LogP contribution in [0, 0.1) is 17.6 Å². The van der Waals surface area contributed by atoms with Crippen LogP contribution >= 0.6 is 0 Å². The molecule has 1 aromatic rings. The molecule has 0 unspecified atom stereocenters. The molecule has 2 N–H and O–H groups in total. The predicted octanol–water partition coefficient (Wildman–Crippen LogP) is 3.39. The van der Waals surface area contributed by atoms with E-state index in [2.05, 4.69) is 12.2 Å². The fourth-order valence-electron chi connectivity index (χ4n) is 2.89. The van der Waals surface area contributed by atoms with Crippen molar-refractivity contribution in [3.8, 4) is 0 Å². The van der Waals surface area contributed by atoms with Crippen molar-refractivity contribution in [3.05, 3.63) is 35.4 Å². The van der Waals surface area contributed by atoms with Gasteiger partial charge in [0.25, 0.3) is 0 Å². The second-order valence-electron chi connectivity index (χ2n) is 5.92. The van der Waals surface area contributed by atoms with Crippen molar-refractivity contribution >= 4 is 0 Å². The Kier molecular flexibility index (Phi) is 5.11. The molecule has 0 radical (unpaired) electrons. The zero-order valence-corrected chi connectivity index (χ0v) is 12.0. The van der Waals surface area contributed by atoms with E-state index in [0.717, 1.165) is 37.7 Å². The van der Waals surface area contributed by atoms with E-state index in [1.807, 2.05) is 0 Å². The number of rotatable bonds is 5. The van der Waals surface area contributed by atoms with Crippen LogP contribution in [-0.2, 0) is 6.54 Å². The maximum Gasteiger partial charge on any atom is 0.130 e. The van der Waals surface area contributed by atoms with Crippen LogP contribution in [0.4, 0.5) is 8.78 Å². The third-order valence-electron chi connectivity index (χ3n) is 4.40. The SMILES string of the molecule is CCC1CCC(O)(CNCc2ccc(F)cc2F)CC1. The van der Waals surface area contributed by atoms with E-state index in [1.54, 1.807) is 0 Å². The van der Waals surface area contributed by atoms with Gasteiger partial charge in [-0.25, -0.2) is 8.78 Å². The molecule has 1 aliphatic rings. The lowest BCUT2D eigenvalue weighted by Gasteiger charge is -2.36. The van der Waals surface area contributed by atoms with Gasteiger partial charge in [0.15, 0.2) is 0 Å².